The van der Waals surface area contributed by atoms with Crippen molar-refractivity contribution < 1.29 is 9.90 Å². The maximum absolute atomic E-state index is 10.9. The van der Waals surface area contributed by atoms with Gasteiger partial charge in [-0.2, -0.15) is 0 Å². The molecule has 0 aliphatic heterocycles. The number of hydrogen-bond acceptors (Lipinski definition) is 3. The van der Waals surface area contributed by atoms with Crippen molar-refractivity contribution in [1.29, 1.82) is 0 Å². The van der Waals surface area contributed by atoms with Crippen molar-refractivity contribution in [3.8, 4) is 0 Å². The number of halogens is 1. The molecule has 0 spiro atoms. The van der Waals surface area contributed by atoms with Gasteiger partial charge in [0.15, 0.2) is 0 Å². The summed E-state index contributed by atoms with van der Waals surface area (Å²) in [7, 11) is 4.06. The third-order valence-corrected chi connectivity index (χ3v) is 3.17. The highest BCUT2D eigenvalue weighted by atomic mass is 35.5. The van der Waals surface area contributed by atoms with Crippen molar-refractivity contribution in [1.82, 2.24) is 4.90 Å². The zero-order valence-corrected chi connectivity index (χ0v) is 12.4. The van der Waals surface area contributed by atoms with Crippen LogP contribution < -0.4 is 4.90 Å². The highest BCUT2D eigenvalue weighted by Gasteiger charge is 2.12. The smallest absolute Gasteiger partial charge is 0.337 e. The summed E-state index contributed by atoms with van der Waals surface area (Å²) in [6.07, 6.45) is 1.03. The van der Waals surface area contributed by atoms with Crippen molar-refractivity contribution in [2.75, 3.05) is 38.6 Å². The summed E-state index contributed by atoms with van der Waals surface area (Å²) in [5.41, 5.74) is 1.12. The number of carboxylic acid groups (broad SMARTS) is 1. The first-order valence-electron chi connectivity index (χ1n) is 6.38. The highest BCUT2D eigenvalue weighted by molar-refractivity contribution is 6.33. The summed E-state index contributed by atoms with van der Waals surface area (Å²) in [6, 6.07) is 5.12. The van der Waals surface area contributed by atoms with Crippen molar-refractivity contribution >= 4 is 23.3 Å². The van der Waals surface area contributed by atoms with Gasteiger partial charge in [-0.15, -0.1) is 0 Å². The van der Waals surface area contributed by atoms with Crippen molar-refractivity contribution in [3.63, 3.8) is 0 Å². The lowest BCUT2D eigenvalue weighted by molar-refractivity contribution is 0.0697. The van der Waals surface area contributed by atoms with Crippen LogP contribution in [0.5, 0.6) is 0 Å². The third-order valence-electron chi connectivity index (χ3n) is 2.86. The van der Waals surface area contributed by atoms with Gasteiger partial charge in [-0.3, -0.25) is 0 Å². The minimum atomic E-state index is -0.994. The number of nitrogens with zero attached hydrogens (tertiary/aromatic N) is 2. The zero-order valence-electron chi connectivity index (χ0n) is 11.7. The largest absolute Gasteiger partial charge is 0.478 e. The molecule has 0 atom stereocenters. The van der Waals surface area contributed by atoms with Gasteiger partial charge in [0, 0.05) is 25.3 Å². The Morgan fingerprint density at radius 1 is 1.26 bits per heavy atom. The zero-order chi connectivity index (χ0) is 14.4. The van der Waals surface area contributed by atoms with Gasteiger partial charge in [0.1, 0.15) is 0 Å². The van der Waals surface area contributed by atoms with Crippen LogP contribution in [-0.4, -0.2) is 49.7 Å². The van der Waals surface area contributed by atoms with Crippen LogP contribution in [0.3, 0.4) is 0 Å². The molecule has 0 bridgehead atoms. The molecule has 0 saturated carbocycles. The van der Waals surface area contributed by atoms with Gasteiger partial charge in [0.25, 0.3) is 0 Å². The first-order valence-corrected chi connectivity index (χ1v) is 6.76. The van der Waals surface area contributed by atoms with E-state index < -0.39 is 5.97 Å². The number of carbonyl (C=O) groups is 1. The Morgan fingerprint density at radius 2 is 1.95 bits per heavy atom. The normalized spacial score (nSPS) is 10.8. The summed E-state index contributed by atoms with van der Waals surface area (Å²) >= 11 is 6.01. The van der Waals surface area contributed by atoms with E-state index in [4.69, 9.17) is 16.7 Å². The van der Waals surface area contributed by atoms with Gasteiger partial charge in [0.05, 0.1) is 10.6 Å². The van der Waals surface area contributed by atoms with E-state index >= 15 is 0 Å². The van der Waals surface area contributed by atoms with Crippen LogP contribution in [0, 0.1) is 0 Å². The minimum Gasteiger partial charge on any atom is -0.478 e. The first kappa shape index (κ1) is 15.8. The van der Waals surface area contributed by atoms with Gasteiger partial charge < -0.3 is 14.9 Å². The molecule has 19 heavy (non-hydrogen) atoms. The number of aromatic carboxylic acids is 1. The van der Waals surface area contributed by atoms with E-state index in [0.717, 1.165) is 31.7 Å². The molecule has 0 unspecified atom stereocenters. The highest BCUT2D eigenvalue weighted by Crippen LogP contribution is 2.24. The van der Waals surface area contributed by atoms with Crippen LogP contribution in [0.1, 0.15) is 23.7 Å². The number of anilines is 1. The van der Waals surface area contributed by atoms with E-state index in [1.807, 2.05) is 20.2 Å². The summed E-state index contributed by atoms with van der Waals surface area (Å²) in [5, 5.41) is 9.26. The maximum atomic E-state index is 10.9. The Hall–Kier alpha value is -1.26. The van der Waals surface area contributed by atoms with Gasteiger partial charge in [-0.25, -0.2) is 4.79 Å². The van der Waals surface area contributed by atoms with E-state index in [9.17, 15) is 4.79 Å². The average molecular weight is 285 g/mol. The number of rotatable bonds is 7. The van der Waals surface area contributed by atoms with Gasteiger partial charge in [-0.05, 0) is 38.7 Å². The lowest BCUT2D eigenvalue weighted by atomic mass is 10.2. The summed E-state index contributed by atoms with van der Waals surface area (Å²) in [5.74, 6) is -0.994. The molecule has 4 nitrogen and oxygen atoms in total. The van der Waals surface area contributed by atoms with Gasteiger partial charge >= 0.3 is 5.97 Å². The van der Waals surface area contributed by atoms with E-state index in [1.165, 1.54) is 0 Å². The molecule has 1 N–H and O–H groups in total. The van der Waals surface area contributed by atoms with E-state index in [1.54, 1.807) is 12.1 Å². The predicted molar refractivity (Wildman–Crippen MR) is 79.5 cm³/mol. The number of likely N-dealkylation sites (N-methyl/N-ethyl adjacent to an activating group) is 1. The molecule has 0 fully saturated rings. The summed E-state index contributed by atoms with van der Waals surface area (Å²) in [4.78, 5) is 15.3. The second-order valence-electron chi connectivity index (χ2n) is 4.76. The molecule has 5 heteroatoms. The average Bonchev–Trinajstić information content (AvgIpc) is 2.33. The lowest BCUT2D eigenvalue weighted by Crippen LogP contribution is -2.32. The predicted octanol–water partition coefficient (Wildman–Crippen LogP) is 2.82. The van der Waals surface area contributed by atoms with E-state index in [2.05, 4.69) is 16.7 Å². The van der Waals surface area contributed by atoms with Crippen LogP contribution in [0.2, 0.25) is 5.02 Å². The van der Waals surface area contributed by atoms with Crippen LogP contribution in [0.25, 0.3) is 0 Å². The molecular formula is C14H21ClN2O2. The second-order valence-corrected chi connectivity index (χ2v) is 5.17. The van der Waals surface area contributed by atoms with Crippen LogP contribution in [0.4, 0.5) is 5.69 Å². The van der Waals surface area contributed by atoms with Crippen LogP contribution in [0.15, 0.2) is 18.2 Å². The van der Waals surface area contributed by atoms with Crippen molar-refractivity contribution in [2.24, 2.45) is 0 Å². The molecular weight excluding hydrogens is 264 g/mol. The molecule has 0 saturated heterocycles. The molecule has 1 aromatic carbocycles. The molecule has 0 aromatic heterocycles. The number of hydrogen-bond donors (Lipinski definition) is 1. The van der Waals surface area contributed by atoms with Crippen LogP contribution >= 0.6 is 11.6 Å². The quantitative estimate of drug-likeness (QED) is 0.836. The Morgan fingerprint density at radius 3 is 2.42 bits per heavy atom. The van der Waals surface area contributed by atoms with Crippen molar-refractivity contribution in [3.05, 3.63) is 28.8 Å². The second kappa shape index (κ2) is 7.36. The number of carboxylic acids is 1. The summed E-state index contributed by atoms with van der Waals surface area (Å²) in [6.45, 7) is 4.88. The lowest BCUT2D eigenvalue weighted by Gasteiger charge is -2.26. The SMILES string of the molecule is CCCN(CCN(C)C)c1ccc(C(=O)O)c(Cl)c1. The monoisotopic (exact) mass is 284 g/mol. The molecule has 1 aromatic rings. The fraction of sp³-hybridized carbons (Fsp3) is 0.500. The fourth-order valence-corrected chi connectivity index (χ4v) is 2.09. The minimum absolute atomic E-state index is 0.148. The third kappa shape index (κ3) is 4.73. The Labute approximate surface area is 119 Å². The van der Waals surface area contributed by atoms with E-state index in [0.29, 0.717) is 0 Å². The fourth-order valence-electron chi connectivity index (χ4n) is 1.83. The van der Waals surface area contributed by atoms with E-state index in [-0.39, 0.29) is 10.6 Å². The Balaban J connectivity index is 2.90. The first-order chi connectivity index (χ1) is 8.95. The molecule has 0 aliphatic rings. The summed E-state index contributed by atoms with van der Waals surface area (Å²) < 4.78 is 0. The van der Waals surface area contributed by atoms with Gasteiger partial charge in [0.2, 0.25) is 0 Å². The molecule has 1 rings (SSSR count). The Kier molecular flexibility index (Phi) is 6.12. The number of benzene rings is 1. The molecule has 0 radical (unpaired) electrons. The van der Waals surface area contributed by atoms with Gasteiger partial charge in [-0.1, -0.05) is 18.5 Å². The topological polar surface area (TPSA) is 43.8 Å². The van der Waals surface area contributed by atoms with Crippen molar-refractivity contribution in [2.45, 2.75) is 13.3 Å². The maximum Gasteiger partial charge on any atom is 0.337 e. The van der Waals surface area contributed by atoms with Crippen LogP contribution in [-0.2, 0) is 0 Å². The Bertz CT molecular complexity index is 435. The molecule has 0 aliphatic carbocycles. The molecule has 0 heterocycles. The molecule has 106 valence electrons. The standard InChI is InChI=1S/C14H21ClN2O2/c1-4-7-17(9-8-16(2)3)11-5-6-12(14(18)19)13(15)10-11/h5-6,10H,4,7-9H2,1-3H3,(H,18,19). The molecule has 0 amide bonds.